The zero-order chi connectivity index (χ0) is 12.0. The molecular formula is C12H16INO2. The molecule has 2 N–H and O–H groups in total. The van der Waals surface area contributed by atoms with Gasteiger partial charge in [-0.05, 0) is 60.6 Å². The molecule has 0 bridgehead atoms. The fourth-order valence-corrected chi connectivity index (χ4v) is 1.87. The first-order valence-electron chi connectivity index (χ1n) is 5.31. The predicted molar refractivity (Wildman–Crippen MR) is 72.4 cm³/mol. The van der Waals surface area contributed by atoms with Crippen LogP contribution in [0.3, 0.4) is 0 Å². The van der Waals surface area contributed by atoms with E-state index in [1.807, 2.05) is 18.2 Å². The second-order valence-electron chi connectivity index (χ2n) is 3.76. The van der Waals surface area contributed by atoms with Gasteiger partial charge < -0.3 is 10.4 Å². The van der Waals surface area contributed by atoms with Gasteiger partial charge in [-0.25, -0.2) is 0 Å². The maximum absolute atomic E-state index is 11.7. The summed E-state index contributed by atoms with van der Waals surface area (Å²) in [6.07, 6.45) is 1.22. The Bertz CT molecular complexity index is 353. The summed E-state index contributed by atoms with van der Waals surface area (Å²) in [5.74, 6) is -0.0518. The molecule has 0 saturated carbocycles. The van der Waals surface area contributed by atoms with Gasteiger partial charge in [-0.2, -0.15) is 0 Å². The van der Waals surface area contributed by atoms with E-state index in [4.69, 9.17) is 5.11 Å². The topological polar surface area (TPSA) is 49.3 Å². The van der Waals surface area contributed by atoms with E-state index in [2.05, 4.69) is 27.9 Å². The molecule has 4 heteroatoms. The molecular weight excluding hydrogens is 317 g/mol. The van der Waals surface area contributed by atoms with Crippen LogP contribution in [0.2, 0.25) is 0 Å². The Kier molecular flexibility index (Phi) is 5.76. The van der Waals surface area contributed by atoms with Crippen molar-refractivity contribution in [3.8, 4) is 0 Å². The normalized spacial score (nSPS) is 12.2. The lowest BCUT2D eigenvalue weighted by atomic mass is 10.2. The fourth-order valence-electron chi connectivity index (χ4n) is 1.33. The second kappa shape index (κ2) is 6.85. The molecule has 0 fully saturated rings. The third-order valence-corrected chi connectivity index (χ3v) is 2.84. The largest absolute Gasteiger partial charge is 0.393 e. The molecule has 3 nitrogen and oxygen atoms in total. The van der Waals surface area contributed by atoms with Crippen molar-refractivity contribution in [1.82, 2.24) is 5.32 Å². The van der Waals surface area contributed by atoms with Crippen LogP contribution in [0, 0.1) is 3.57 Å². The summed E-state index contributed by atoms with van der Waals surface area (Å²) in [5.41, 5.74) is 0.684. The SMILES string of the molecule is CC(O)CCCNC(=O)c1cccc(I)c1. The monoisotopic (exact) mass is 333 g/mol. The number of hydrogen-bond donors (Lipinski definition) is 2. The van der Waals surface area contributed by atoms with Gasteiger partial charge in [0, 0.05) is 15.7 Å². The number of aliphatic hydroxyl groups excluding tert-OH is 1. The lowest BCUT2D eigenvalue weighted by Crippen LogP contribution is -2.25. The summed E-state index contributed by atoms with van der Waals surface area (Å²) in [7, 11) is 0. The fraction of sp³-hybridized carbons (Fsp3) is 0.417. The number of carbonyl (C=O) groups is 1. The van der Waals surface area contributed by atoms with Crippen molar-refractivity contribution >= 4 is 28.5 Å². The van der Waals surface area contributed by atoms with Crippen LogP contribution in [-0.2, 0) is 0 Å². The number of hydrogen-bond acceptors (Lipinski definition) is 2. The number of aliphatic hydroxyl groups is 1. The Morgan fingerprint density at radius 3 is 2.94 bits per heavy atom. The molecule has 1 unspecified atom stereocenters. The molecule has 0 heterocycles. The first kappa shape index (κ1) is 13.4. The van der Waals surface area contributed by atoms with Crippen molar-refractivity contribution in [2.75, 3.05) is 6.54 Å². The summed E-state index contributed by atoms with van der Waals surface area (Å²) >= 11 is 2.18. The molecule has 1 aromatic rings. The van der Waals surface area contributed by atoms with E-state index in [9.17, 15) is 4.79 Å². The van der Waals surface area contributed by atoms with Crippen LogP contribution >= 0.6 is 22.6 Å². The van der Waals surface area contributed by atoms with Crippen LogP contribution in [-0.4, -0.2) is 23.7 Å². The van der Waals surface area contributed by atoms with Crippen LogP contribution in [0.1, 0.15) is 30.1 Å². The minimum absolute atomic E-state index is 0.0518. The number of nitrogens with one attached hydrogen (secondary N) is 1. The van der Waals surface area contributed by atoms with E-state index in [-0.39, 0.29) is 12.0 Å². The number of benzene rings is 1. The standard InChI is InChI=1S/C12H16INO2/c1-9(15)4-3-7-14-12(16)10-5-2-6-11(13)8-10/h2,5-6,8-9,15H,3-4,7H2,1H3,(H,14,16). The molecule has 1 atom stereocenters. The average Bonchev–Trinajstić information content (AvgIpc) is 2.24. The number of amides is 1. The van der Waals surface area contributed by atoms with Crippen molar-refractivity contribution < 1.29 is 9.90 Å². The van der Waals surface area contributed by atoms with Crippen molar-refractivity contribution in [3.63, 3.8) is 0 Å². The lowest BCUT2D eigenvalue weighted by Gasteiger charge is -2.06. The van der Waals surface area contributed by atoms with E-state index < -0.39 is 0 Å². The van der Waals surface area contributed by atoms with E-state index in [0.717, 1.165) is 9.99 Å². The van der Waals surface area contributed by atoms with Crippen molar-refractivity contribution in [2.45, 2.75) is 25.9 Å². The summed E-state index contributed by atoms with van der Waals surface area (Å²) in [5, 5.41) is 11.9. The van der Waals surface area contributed by atoms with Crippen molar-refractivity contribution in [1.29, 1.82) is 0 Å². The Morgan fingerprint density at radius 1 is 1.56 bits per heavy atom. The Morgan fingerprint density at radius 2 is 2.31 bits per heavy atom. The van der Waals surface area contributed by atoms with Crippen LogP contribution in [0.25, 0.3) is 0 Å². The molecule has 0 aliphatic rings. The Balaban J connectivity index is 2.35. The van der Waals surface area contributed by atoms with Gasteiger partial charge in [0.05, 0.1) is 6.10 Å². The number of halogens is 1. The van der Waals surface area contributed by atoms with Crippen molar-refractivity contribution in [2.24, 2.45) is 0 Å². The molecule has 0 aromatic heterocycles. The molecule has 0 aliphatic carbocycles. The van der Waals surface area contributed by atoms with Crippen LogP contribution in [0.5, 0.6) is 0 Å². The number of carbonyl (C=O) groups excluding carboxylic acids is 1. The van der Waals surface area contributed by atoms with Gasteiger partial charge in [-0.3, -0.25) is 4.79 Å². The van der Waals surface area contributed by atoms with Gasteiger partial charge in [0.25, 0.3) is 5.91 Å². The average molecular weight is 333 g/mol. The van der Waals surface area contributed by atoms with Gasteiger partial charge in [0.1, 0.15) is 0 Å². The van der Waals surface area contributed by atoms with E-state index in [1.165, 1.54) is 0 Å². The van der Waals surface area contributed by atoms with E-state index in [0.29, 0.717) is 18.5 Å². The van der Waals surface area contributed by atoms with Gasteiger partial charge in [0.15, 0.2) is 0 Å². The zero-order valence-corrected chi connectivity index (χ0v) is 11.4. The van der Waals surface area contributed by atoms with Crippen molar-refractivity contribution in [3.05, 3.63) is 33.4 Å². The molecule has 88 valence electrons. The van der Waals surface area contributed by atoms with E-state index in [1.54, 1.807) is 13.0 Å². The minimum atomic E-state index is -0.297. The highest BCUT2D eigenvalue weighted by Gasteiger charge is 2.04. The zero-order valence-electron chi connectivity index (χ0n) is 9.24. The first-order valence-corrected chi connectivity index (χ1v) is 6.39. The Labute approximate surface area is 109 Å². The summed E-state index contributed by atoms with van der Waals surface area (Å²) in [6.45, 7) is 2.36. The summed E-state index contributed by atoms with van der Waals surface area (Å²) in [6, 6.07) is 7.47. The number of rotatable bonds is 5. The van der Waals surface area contributed by atoms with Crippen LogP contribution in [0.15, 0.2) is 24.3 Å². The third-order valence-electron chi connectivity index (χ3n) is 2.17. The van der Waals surface area contributed by atoms with Gasteiger partial charge in [-0.1, -0.05) is 6.07 Å². The lowest BCUT2D eigenvalue weighted by molar-refractivity contribution is 0.0949. The molecule has 0 radical (unpaired) electrons. The molecule has 0 spiro atoms. The second-order valence-corrected chi connectivity index (χ2v) is 5.00. The highest BCUT2D eigenvalue weighted by Crippen LogP contribution is 2.07. The highest BCUT2D eigenvalue weighted by atomic mass is 127. The van der Waals surface area contributed by atoms with Crippen LogP contribution < -0.4 is 5.32 Å². The van der Waals surface area contributed by atoms with Gasteiger partial charge >= 0.3 is 0 Å². The highest BCUT2D eigenvalue weighted by molar-refractivity contribution is 14.1. The smallest absolute Gasteiger partial charge is 0.251 e. The predicted octanol–water partition coefficient (Wildman–Crippen LogP) is 2.18. The van der Waals surface area contributed by atoms with E-state index >= 15 is 0 Å². The summed E-state index contributed by atoms with van der Waals surface area (Å²) < 4.78 is 1.05. The molecule has 1 amide bonds. The van der Waals surface area contributed by atoms with Crippen LogP contribution in [0.4, 0.5) is 0 Å². The first-order chi connectivity index (χ1) is 7.59. The quantitative estimate of drug-likeness (QED) is 0.641. The molecule has 1 rings (SSSR count). The minimum Gasteiger partial charge on any atom is -0.393 e. The molecule has 0 saturated heterocycles. The molecule has 1 aromatic carbocycles. The maximum atomic E-state index is 11.7. The molecule has 0 aliphatic heterocycles. The molecule has 16 heavy (non-hydrogen) atoms. The Hall–Kier alpha value is -0.620. The summed E-state index contributed by atoms with van der Waals surface area (Å²) in [4.78, 5) is 11.7. The van der Waals surface area contributed by atoms with Gasteiger partial charge in [-0.15, -0.1) is 0 Å². The third kappa shape index (κ3) is 4.94. The van der Waals surface area contributed by atoms with Gasteiger partial charge in [0.2, 0.25) is 0 Å². The maximum Gasteiger partial charge on any atom is 0.251 e.